The Kier molecular flexibility index (Phi) is 10.8. The zero-order valence-electron chi connectivity index (χ0n) is 21.6. The van der Waals surface area contributed by atoms with E-state index in [9.17, 15) is 14.4 Å². The molecule has 2 atom stereocenters. The van der Waals surface area contributed by atoms with Crippen LogP contribution in [-0.2, 0) is 20.8 Å². The van der Waals surface area contributed by atoms with Gasteiger partial charge in [0.25, 0.3) is 0 Å². The predicted octanol–water partition coefficient (Wildman–Crippen LogP) is 1.87. The van der Waals surface area contributed by atoms with Crippen molar-refractivity contribution >= 4 is 29.3 Å². The van der Waals surface area contributed by atoms with E-state index in [-0.39, 0.29) is 25.3 Å². The number of nitrogens with one attached hydrogen (secondary N) is 2. The third-order valence-corrected chi connectivity index (χ3v) is 5.97. The molecule has 0 aliphatic rings. The van der Waals surface area contributed by atoms with Gasteiger partial charge in [0.05, 0.1) is 0 Å². The number of amides is 3. The molecule has 39 heavy (non-hydrogen) atoms. The van der Waals surface area contributed by atoms with Gasteiger partial charge >= 0.3 is 0 Å². The van der Waals surface area contributed by atoms with E-state index in [1.165, 1.54) is 6.08 Å². The Morgan fingerprint density at radius 2 is 1.28 bits per heavy atom. The quantitative estimate of drug-likeness (QED) is 0.0991. The zero-order chi connectivity index (χ0) is 28.0. The van der Waals surface area contributed by atoms with Crippen LogP contribution in [0.15, 0.2) is 102 Å². The number of rotatable bonds is 13. The first-order valence-electron chi connectivity index (χ1n) is 12.7. The van der Waals surface area contributed by atoms with Gasteiger partial charge in [-0.1, -0.05) is 91.0 Å². The van der Waals surface area contributed by atoms with Crippen molar-refractivity contribution in [2.75, 3.05) is 6.54 Å². The lowest BCUT2D eigenvalue weighted by molar-refractivity contribution is -0.130. The Labute approximate surface area is 228 Å². The van der Waals surface area contributed by atoms with Gasteiger partial charge in [0.1, 0.15) is 12.1 Å². The highest BCUT2D eigenvalue weighted by Gasteiger charge is 2.25. The maximum Gasteiger partial charge on any atom is 0.245 e. The van der Waals surface area contributed by atoms with Crippen LogP contribution in [0.4, 0.5) is 0 Å². The van der Waals surface area contributed by atoms with Crippen LogP contribution in [0.3, 0.4) is 0 Å². The highest BCUT2D eigenvalue weighted by Crippen LogP contribution is 2.23. The van der Waals surface area contributed by atoms with Crippen molar-refractivity contribution in [3.8, 4) is 0 Å². The summed E-state index contributed by atoms with van der Waals surface area (Å²) in [6.07, 6.45) is 2.36. The Bertz CT molecular complexity index is 1250. The van der Waals surface area contributed by atoms with E-state index in [1.807, 2.05) is 91.0 Å². The van der Waals surface area contributed by atoms with Gasteiger partial charge in [-0.25, -0.2) is 0 Å². The summed E-state index contributed by atoms with van der Waals surface area (Å²) in [5.74, 6) is -1.72. The minimum atomic E-state index is -0.951. The van der Waals surface area contributed by atoms with Crippen LogP contribution < -0.4 is 27.8 Å². The molecule has 202 valence electrons. The van der Waals surface area contributed by atoms with Crippen molar-refractivity contribution < 1.29 is 14.4 Å². The summed E-state index contributed by atoms with van der Waals surface area (Å²) in [4.78, 5) is 42.6. The molecular formula is C30H34N6O3. The van der Waals surface area contributed by atoms with Gasteiger partial charge in [-0.15, -0.1) is 0 Å². The molecule has 0 fully saturated rings. The molecule has 0 bridgehead atoms. The maximum absolute atomic E-state index is 13.3. The number of hydrogen-bond acceptors (Lipinski definition) is 4. The lowest BCUT2D eigenvalue weighted by atomic mass is 9.97. The van der Waals surface area contributed by atoms with Crippen molar-refractivity contribution in [1.82, 2.24) is 10.6 Å². The van der Waals surface area contributed by atoms with Crippen molar-refractivity contribution in [3.63, 3.8) is 0 Å². The van der Waals surface area contributed by atoms with E-state index in [4.69, 9.17) is 17.2 Å². The Hall–Kier alpha value is -4.92. The largest absolute Gasteiger partial charge is 0.370 e. The molecule has 0 aromatic heterocycles. The van der Waals surface area contributed by atoms with Gasteiger partial charge < -0.3 is 27.8 Å². The molecule has 0 saturated heterocycles. The molecule has 0 aliphatic heterocycles. The monoisotopic (exact) mass is 526 g/mol. The minimum absolute atomic E-state index is 0.0602. The Morgan fingerprint density at radius 3 is 1.79 bits per heavy atom. The second kappa shape index (κ2) is 14.7. The topological polar surface area (TPSA) is 166 Å². The summed E-state index contributed by atoms with van der Waals surface area (Å²) >= 11 is 0. The number of carbonyl (C=O) groups excluding carboxylic acids is 3. The average Bonchev–Trinajstić information content (AvgIpc) is 2.94. The van der Waals surface area contributed by atoms with Crippen LogP contribution in [0, 0.1) is 0 Å². The summed E-state index contributed by atoms with van der Waals surface area (Å²) in [7, 11) is 0. The molecule has 3 amide bonds. The standard InChI is InChI=1S/C30H34N6O3/c31-28(38)26(19-21-11-4-1-5-12-21)36-29(39)25(17-10-18-34-30(32)33)35-27(37)20-24(22-13-6-2-7-14-22)23-15-8-3-9-16-23/h1-9,11-16,20,25-26H,10,17-19H2,(H2,31,38)(H,35,37)(H,36,39)(H4,32,33,34)/t25-,26+/m1/s1. The fourth-order valence-electron chi connectivity index (χ4n) is 4.03. The van der Waals surface area contributed by atoms with E-state index in [2.05, 4.69) is 15.6 Å². The zero-order valence-corrected chi connectivity index (χ0v) is 21.6. The lowest BCUT2D eigenvalue weighted by Gasteiger charge is -2.22. The van der Waals surface area contributed by atoms with Gasteiger partial charge in [0.15, 0.2) is 5.96 Å². The molecule has 9 nitrogen and oxygen atoms in total. The van der Waals surface area contributed by atoms with E-state index < -0.39 is 29.8 Å². The molecule has 3 rings (SSSR count). The first-order valence-corrected chi connectivity index (χ1v) is 12.7. The van der Waals surface area contributed by atoms with Crippen LogP contribution in [0.2, 0.25) is 0 Å². The van der Waals surface area contributed by atoms with Crippen LogP contribution in [-0.4, -0.2) is 42.3 Å². The van der Waals surface area contributed by atoms with Crippen LogP contribution in [0.1, 0.15) is 29.5 Å². The van der Waals surface area contributed by atoms with E-state index >= 15 is 0 Å². The molecule has 0 unspecified atom stereocenters. The SMILES string of the molecule is NC(=O)[C@H](Cc1ccccc1)NC(=O)[C@@H](CCCN=C(N)N)NC(=O)C=C(c1ccccc1)c1ccccc1. The summed E-state index contributed by atoms with van der Waals surface area (Å²) < 4.78 is 0. The number of benzene rings is 3. The first kappa shape index (κ1) is 28.6. The number of nitrogens with zero attached hydrogens (tertiary/aromatic N) is 1. The smallest absolute Gasteiger partial charge is 0.245 e. The molecule has 0 saturated carbocycles. The number of nitrogens with two attached hydrogens (primary N) is 3. The second-order valence-corrected chi connectivity index (χ2v) is 8.95. The number of guanidine groups is 1. The average molecular weight is 527 g/mol. The minimum Gasteiger partial charge on any atom is -0.370 e. The second-order valence-electron chi connectivity index (χ2n) is 8.95. The lowest BCUT2D eigenvalue weighted by Crippen LogP contribution is -2.53. The molecule has 0 aliphatic carbocycles. The number of carbonyl (C=O) groups is 3. The van der Waals surface area contributed by atoms with E-state index in [0.717, 1.165) is 16.7 Å². The van der Waals surface area contributed by atoms with Crippen molar-refractivity contribution in [2.45, 2.75) is 31.3 Å². The van der Waals surface area contributed by atoms with Gasteiger partial charge in [-0.05, 0) is 35.1 Å². The molecule has 0 spiro atoms. The third-order valence-electron chi connectivity index (χ3n) is 5.97. The van der Waals surface area contributed by atoms with Crippen LogP contribution in [0.25, 0.3) is 5.57 Å². The Morgan fingerprint density at radius 1 is 0.744 bits per heavy atom. The predicted molar refractivity (Wildman–Crippen MR) is 153 cm³/mol. The molecular weight excluding hydrogens is 492 g/mol. The van der Waals surface area contributed by atoms with E-state index in [0.29, 0.717) is 12.0 Å². The molecule has 9 heteroatoms. The molecule has 0 heterocycles. The van der Waals surface area contributed by atoms with E-state index in [1.54, 1.807) is 0 Å². The fourth-order valence-corrected chi connectivity index (χ4v) is 4.03. The van der Waals surface area contributed by atoms with Crippen LogP contribution >= 0.6 is 0 Å². The van der Waals surface area contributed by atoms with Gasteiger partial charge in [-0.2, -0.15) is 0 Å². The van der Waals surface area contributed by atoms with Crippen molar-refractivity contribution in [1.29, 1.82) is 0 Å². The number of primary amides is 1. The fraction of sp³-hybridized carbons (Fsp3) is 0.200. The van der Waals surface area contributed by atoms with Gasteiger partial charge in [-0.3, -0.25) is 19.4 Å². The summed E-state index contributed by atoms with van der Waals surface area (Å²) in [5.41, 5.74) is 19.6. The molecule has 8 N–H and O–H groups in total. The number of aliphatic imine (C=N–C) groups is 1. The normalized spacial score (nSPS) is 11.9. The summed E-state index contributed by atoms with van der Waals surface area (Å²) in [6, 6.07) is 26.3. The van der Waals surface area contributed by atoms with Crippen LogP contribution in [0.5, 0.6) is 0 Å². The van der Waals surface area contributed by atoms with Gasteiger partial charge in [0.2, 0.25) is 17.7 Å². The molecule has 3 aromatic carbocycles. The summed E-state index contributed by atoms with van der Waals surface area (Å²) in [5, 5.41) is 5.50. The molecule has 3 aromatic rings. The van der Waals surface area contributed by atoms with Crippen molar-refractivity contribution in [3.05, 3.63) is 114 Å². The van der Waals surface area contributed by atoms with Gasteiger partial charge in [0, 0.05) is 19.0 Å². The highest BCUT2D eigenvalue weighted by atomic mass is 16.2. The number of hydrogen-bond donors (Lipinski definition) is 5. The first-order chi connectivity index (χ1) is 18.8. The third kappa shape index (κ3) is 9.47. The maximum atomic E-state index is 13.3. The van der Waals surface area contributed by atoms with Crippen molar-refractivity contribution in [2.24, 2.45) is 22.2 Å². The summed E-state index contributed by atoms with van der Waals surface area (Å²) in [6.45, 7) is 0.278. The molecule has 0 radical (unpaired) electrons. The highest BCUT2D eigenvalue weighted by molar-refractivity contribution is 6.01. The Balaban J connectivity index is 1.82.